The first kappa shape index (κ1) is 31.8. The standard InChI is InChI=1S/C30H24ClF3N10O2/c1-18-12-20(15-35)13-22(28(45)37-16-19-6-3-2-4-7-19)26(18)38-29(46)24-14-21(40-44(24)27-23(31)8-5-11-36-27)17-43-41-25(39-42-43)9-10-30(32,33)34/h2-8,11-14H,9-10,16-17H2,1H3,(H,37,45)(H,38,46). The lowest BCUT2D eigenvalue weighted by atomic mass is 10.0. The molecule has 2 amide bonds. The van der Waals surface area contributed by atoms with Crippen molar-refractivity contribution in [2.24, 2.45) is 0 Å². The van der Waals surface area contributed by atoms with Crippen LogP contribution >= 0.6 is 11.6 Å². The Bertz CT molecular complexity index is 1930. The molecule has 5 aromatic rings. The SMILES string of the molecule is Cc1cc(C#N)cc(C(=O)NCc2ccccc2)c1NC(=O)c1cc(Cn2nnc(CCC(F)(F)F)n2)nn1-c1ncccc1Cl. The normalized spacial score (nSPS) is 11.2. The molecule has 3 heterocycles. The Morgan fingerprint density at radius 1 is 1.04 bits per heavy atom. The third-order valence-electron chi connectivity index (χ3n) is 6.61. The molecule has 0 saturated heterocycles. The van der Waals surface area contributed by atoms with E-state index >= 15 is 0 Å². The molecule has 234 valence electrons. The van der Waals surface area contributed by atoms with Crippen molar-refractivity contribution in [1.29, 1.82) is 5.26 Å². The summed E-state index contributed by atoms with van der Waals surface area (Å²) < 4.78 is 39.1. The minimum atomic E-state index is -4.37. The maximum absolute atomic E-state index is 13.8. The number of hydrogen-bond acceptors (Lipinski definition) is 8. The fourth-order valence-electron chi connectivity index (χ4n) is 4.45. The van der Waals surface area contributed by atoms with Crippen molar-refractivity contribution in [3.05, 3.63) is 111 Å². The minimum absolute atomic E-state index is 0.0348. The summed E-state index contributed by atoms with van der Waals surface area (Å²) in [5.74, 6) is -1.19. The van der Waals surface area contributed by atoms with E-state index in [-0.39, 0.29) is 58.0 Å². The Labute approximate surface area is 264 Å². The number of hydrogen-bond donors (Lipinski definition) is 2. The molecule has 2 N–H and O–H groups in total. The lowest BCUT2D eigenvalue weighted by Gasteiger charge is -2.15. The predicted octanol–water partition coefficient (Wildman–Crippen LogP) is 4.81. The molecule has 0 radical (unpaired) electrons. The third kappa shape index (κ3) is 7.71. The van der Waals surface area contributed by atoms with Crippen LogP contribution in [-0.4, -0.2) is 53.0 Å². The summed E-state index contributed by atoms with van der Waals surface area (Å²) in [6.07, 6.45) is -4.46. The highest BCUT2D eigenvalue weighted by atomic mass is 35.5. The maximum atomic E-state index is 13.8. The van der Waals surface area contributed by atoms with Gasteiger partial charge < -0.3 is 10.6 Å². The van der Waals surface area contributed by atoms with Gasteiger partial charge in [0.1, 0.15) is 12.2 Å². The van der Waals surface area contributed by atoms with Crippen LogP contribution in [0, 0.1) is 18.3 Å². The largest absolute Gasteiger partial charge is 0.389 e. The second-order valence-corrected chi connectivity index (χ2v) is 10.4. The highest BCUT2D eigenvalue weighted by Crippen LogP contribution is 2.26. The molecule has 3 aromatic heterocycles. The van der Waals surface area contributed by atoms with E-state index in [0.29, 0.717) is 5.56 Å². The number of carbonyl (C=O) groups is 2. The average Bonchev–Trinajstić information content (AvgIpc) is 3.67. The quantitative estimate of drug-likeness (QED) is 0.218. The number of aryl methyl sites for hydroxylation is 2. The van der Waals surface area contributed by atoms with Crippen LogP contribution in [0.25, 0.3) is 5.82 Å². The molecule has 5 rings (SSSR count). The molecular weight excluding hydrogens is 625 g/mol. The van der Waals surface area contributed by atoms with Crippen LogP contribution in [0.5, 0.6) is 0 Å². The van der Waals surface area contributed by atoms with Crippen molar-refractivity contribution in [1.82, 2.24) is 40.3 Å². The number of nitrogens with zero attached hydrogens (tertiary/aromatic N) is 8. The zero-order valence-electron chi connectivity index (χ0n) is 24.1. The Balaban J connectivity index is 1.45. The summed E-state index contributed by atoms with van der Waals surface area (Å²) in [4.78, 5) is 32.4. The number of halogens is 4. The average molecular weight is 649 g/mol. The fraction of sp³-hybridized carbons (Fsp3) is 0.200. The van der Waals surface area contributed by atoms with Crippen molar-refractivity contribution in [2.45, 2.75) is 39.0 Å². The lowest BCUT2D eigenvalue weighted by Crippen LogP contribution is -2.26. The molecule has 0 bridgehead atoms. The van der Waals surface area contributed by atoms with Gasteiger partial charge in [-0.1, -0.05) is 41.9 Å². The molecule has 0 unspecified atom stereocenters. The molecule has 0 aliphatic carbocycles. The summed E-state index contributed by atoms with van der Waals surface area (Å²) in [5, 5.41) is 31.2. The van der Waals surface area contributed by atoms with Crippen LogP contribution in [0.2, 0.25) is 5.02 Å². The van der Waals surface area contributed by atoms with Crippen LogP contribution in [0.1, 0.15) is 55.5 Å². The third-order valence-corrected chi connectivity index (χ3v) is 6.90. The number of rotatable bonds is 10. The van der Waals surface area contributed by atoms with Gasteiger partial charge in [-0.3, -0.25) is 9.59 Å². The molecule has 0 aliphatic heterocycles. The number of alkyl halides is 3. The second kappa shape index (κ2) is 13.6. The van der Waals surface area contributed by atoms with Gasteiger partial charge in [-0.05, 0) is 53.6 Å². The lowest BCUT2D eigenvalue weighted by molar-refractivity contribution is -0.134. The van der Waals surface area contributed by atoms with Crippen LogP contribution in [0.4, 0.5) is 18.9 Å². The van der Waals surface area contributed by atoms with E-state index in [4.69, 9.17) is 11.6 Å². The Morgan fingerprint density at radius 3 is 2.54 bits per heavy atom. The molecule has 0 spiro atoms. The molecule has 0 aliphatic rings. The van der Waals surface area contributed by atoms with Crippen molar-refractivity contribution < 1.29 is 22.8 Å². The number of pyridine rings is 1. The van der Waals surface area contributed by atoms with Crippen LogP contribution < -0.4 is 10.6 Å². The Hall–Kier alpha value is -5.62. The van der Waals surface area contributed by atoms with E-state index in [2.05, 4.69) is 36.1 Å². The van der Waals surface area contributed by atoms with E-state index < -0.39 is 30.8 Å². The zero-order chi connectivity index (χ0) is 32.8. The van der Waals surface area contributed by atoms with Gasteiger partial charge in [0.05, 0.1) is 40.0 Å². The van der Waals surface area contributed by atoms with Gasteiger partial charge in [0.15, 0.2) is 11.6 Å². The van der Waals surface area contributed by atoms with Crippen LogP contribution in [-0.2, 0) is 19.5 Å². The topological polar surface area (TPSA) is 156 Å². The van der Waals surface area contributed by atoms with Crippen molar-refractivity contribution in [3.8, 4) is 11.9 Å². The number of anilines is 1. The first-order chi connectivity index (χ1) is 22.0. The van der Waals surface area contributed by atoms with Gasteiger partial charge in [0.25, 0.3) is 11.8 Å². The highest BCUT2D eigenvalue weighted by molar-refractivity contribution is 6.32. The van der Waals surface area contributed by atoms with Crippen LogP contribution in [0.3, 0.4) is 0 Å². The van der Waals surface area contributed by atoms with E-state index in [1.807, 2.05) is 36.4 Å². The van der Waals surface area contributed by atoms with Crippen molar-refractivity contribution >= 4 is 29.1 Å². The van der Waals surface area contributed by atoms with Gasteiger partial charge in [-0.2, -0.15) is 28.3 Å². The van der Waals surface area contributed by atoms with Crippen molar-refractivity contribution in [2.75, 3.05) is 5.32 Å². The van der Waals surface area contributed by atoms with Gasteiger partial charge in [0, 0.05) is 19.2 Å². The predicted molar refractivity (Wildman–Crippen MR) is 159 cm³/mol. The number of carbonyl (C=O) groups excluding carboxylic acids is 2. The molecule has 16 heteroatoms. The monoisotopic (exact) mass is 648 g/mol. The van der Waals surface area contributed by atoms with E-state index in [1.165, 1.54) is 29.1 Å². The number of amides is 2. The molecule has 12 nitrogen and oxygen atoms in total. The molecule has 0 saturated carbocycles. The van der Waals surface area contributed by atoms with Gasteiger partial charge in [-0.25, -0.2) is 9.67 Å². The summed E-state index contributed by atoms with van der Waals surface area (Å²) in [6.45, 7) is 1.72. The van der Waals surface area contributed by atoms with E-state index in [9.17, 15) is 28.0 Å². The molecular formula is C30H24ClF3N10O2. The van der Waals surface area contributed by atoms with Gasteiger partial charge in [-0.15, -0.1) is 10.2 Å². The van der Waals surface area contributed by atoms with E-state index in [0.717, 1.165) is 10.4 Å². The number of tetrazole rings is 1. The maximum Gasteiger partial charge on any atom is 0.389 e. The Morgan fingerprint density at radius 2 is 1.83 bits per heavy atom. The molecule has 2 aromatic carbocycles. The summed E-state index contributed by atoms with van der Waals surface area (Å²) >= 11 is 6.38. The summed E-state index contributed by atoms with van der Waals surface area (Å²) in [5.41, 5.74) is 1.98. The summed E-state index contributed by atoms with van der Waals surface area (Å²) in [7, 11) is 0. The zero-order valence-corrected chi connectivity index (χ0v) is 24.8. The first-order valence-corrected chi connectivity index (χ1v) is 14.1. The smallest absolute Gasteiger partial charge is 0.348 e. The number of nitriles is 1. The number of aromatic nitrogens is 7. The number of benzene rings is 2. The first-order valence-electron chi connectivity index (χ1n) is 13.7. The van der Waals surface area contributed by atoms with E-state index in [1.54, 1.807) is 19.1 Å². The van der Waals surface area contributed by atoms with Crippen molar-refractivity contribution in [3.63, 3.8) is 0 Å². The highest BCUT2D eigenvalue weighted by Gasteiger charge is 2.28. The fourth-order valence-corrected chi connectivity index (χ4v) is 4.66. The summed E-state index contributed by atoms with van der Waals surface area (Å²) in [6, 6.07) is 18.7. The van der Waals surface area contributed by atoms with Crippen LogP contribution in [0.15, 0.2) is 66.9 Å². The number of nitrogens with one attached hydrogen (secondary N) is 2. The van der Waals surface area contributed by atoms with Gasteiger partial charge >= 0.3 is 6.18 Å². The minimum Gasteiger partial charge on any atom is -0.348 e. The Kier molecular flexibility index (Phi) is 9.38. The molecule has 0 fully saturated rings. The molecule has 46 heavy (non-hydrogen) atoms. The van der Waals surface area contributed by atoms with Gasteiger partial charge in [0.2, 0.25) is 0 Å². The molecule has 0 atom stereocenters. The second-order valence-electron chi connectivity index (χ2n) is 10.0.